The molecular weight excluding hydrogens is 441 g/mol. The lowest BCUT2D eigenvalue weighted by atomic mass is 10.1. The van der Waals surface area contributed by atoms with Gasteiger partial charge in [0, 0.05) is 6.20 Å². The summed E-state index contributed by atoms with van der Waals surface area (Å²) >= 11 is 0. The Kier molecular flexibility index (Phi) is 6.98. The van der Waals surface area contributed by atoms with Crippen LogP contribution in [0.5, 0.6) is 0 Å². The Labute approximate surface area is 191 Å². The van der Waals surface area contributed by atoms with Gasteiger partial charge < -0.3 is 9.05 Å². The average molecular weight is 467 g/mol. The van der Waals surface area contributed by atoms with Gasteiger partial charge in [-0.3, -0.25) is 18.7 Å². The van der Waals surface area contributed by atoms with Gasteiger partial charge in [-0.2, -0.15) is 0 Å². The molecule has 0 spiro atoms. The van der Waals surface area contributed by atoms with Crippen LogP contribution in [0.3, 0.4) is 0 Å². The van der Waals surface area contributed by atoms with Crippen LogP contribution in [-0.2, 0) is 13.6 Å². The monoisotopic (exact) mass is 467 g/mol. The molecule has 33 heavy (non-hydrogen) atoms. The van der Waals surface area contributed by atoms with Crippen LogP contribution < -0.4 is 5.56 Å². The number of unbranched alkanes of at least 4 members (excludes halogenated alkanes) is 2. The Balaban J connectivity index is 1.44. The molecule has 172 valence electrons. The molecule has 9 heteroatoms. The summed E-state index contributed by atoms with van der Waals surface area (Å²) in [6, 6.07) is 8.76. The van der Waals surface area contributed by atoms with Crippen molar-refractivity contribution < 1.29 is 18.4 Å². The second-order valence-corrected chi connectivity index (χ2v) is 9.81. The second-order valence-electron chi connectivity index (χ2n) is 7.62. The highest BCUT2D eigenvalue weighted by Gasteiger charge is 2.30. The van der Waals surface area contributed by atoms with Gasteiger partial charge in [0.2, 0.25) is 5.78 Å². The van der Waals surface area contributed by atoms with Crippen molar-refractivity contribution in [2.75, 3.05) is 19.4 Å². The maximum atomic E-state index is 12.9. The third-order valence-electron chi connectivity index (χ3n) is 5.37. The summed E-state index contributed by atoms with van der Waals surface area (Å²) < 4.78 is 24.5. The molecule has 0 saturated heterocycles. The molecule has 0 unspecified atom stereocenters. The number of pyridine rings is 1. The molecule has 0 saturated carbocycles. The summed E-state index contributed by atoms with van der Waals surface area (Å²) in [4.78, 5) is 34.3. The van der Waals surface area contributed by atoms with Gasteiger partial charge in [0.1, 0.15) is 0 Å². The normalized spacial score (nSPS) is 13.1. The molecule has 0 N–H and O–H groups in total. The van der Waals surface area contributed by atoms with Gasteiger partial charge in [-0.25, -0.2) is 9.97 Å². The Hall–Kier alpha value is -2.93. The molecule has 1 aromatic carbocycles. The van der Waals surface area contributed by atoms with Crippen LogP contribution in [0, 0.1) is 0 Å². The molecule has 8 nitrogen and oxygen atoms in total. The van der Waals surface area contributed by atoms with Crippen LogP contribution in [0.2, 0.25) is 0 Å². The Morgan fingerprint density at radius 1 is 1.09 bits per heavy atom. The first-order chi connectivity index (χ1) is 16.0. The van der Waals surface area contributed by atoms with E-state index in [0.717, 1.165) is 24.8 Å². The maximum Gasteiger partial charge on any atom is 0.330 e. The summed E-state index contributed by atoms with van der Waals surface area (Å²) in [5.41, 5.74) is 1.83. The number of hydrogen-bond acceptors (Lipinski definition) is 7. The lowest BCUT2D eigenvalue weighted by Crippen LogP contribution is -2.21. The number of carbonyl (C=O) groups is 1. The minimum absolute atomic E-state index is 0.0929. The number of nitrogens with zero attached hydrogens (tertiary/aromatic N) is 3. The number of ketones is 1. The number of allylic oxidation sites excluding steroid dienone is 1. The highest BCUT2D eigenvalue weighted by Crippen LogP contribution is 2.48. The topological polar surface area (TPSA) is 100 Å². The molecule has 0 aliphatic carbocycles. The summed E-state index contributed by atoms with van der Waals surface area (Å²) in [5.74, 6) is -0.192. The first kappa shape index (κ1) is 23.2. The Bertz CT molecular complexity index is 1320. The fraction of sp³-hybridized carbons (Fsp3) is 0.333. The quantitative estimate of drug-likeness (QED) is 0.244. The van der Waals surface area contributed by atoms with Gasteiger partial charge in [-0.1, -0.05) is 18.2 Å². The van der Waals surface area contributed by atoms with E-state index < -0.39 is 7.60 Å². The zero-order valence-electron chi connectivity index (χ0n) is 18.7. The van der Waals surface area contributed by atoms with E-state index >= 15 is 0 Å². The van der Waals surface area contributed by atoms with E-state index in [-0.39, 0.29) is 22.8 Å². The van der Waals surface area contributed by atoms with E-state index in [1.165, 1.54) is 4.57 Å². The van der Waals surface area contributed by atoms with E-state index in [1.54, 1.807) is 44.3 Å². The highest BCUT2D eigenvalue weighted by atomic mass is 31.2. The minimum atomic E-state index is -2.99. The number of carbonyl (C=O) groups excluding carboxylic acids is 1. The summed E-state index contributed by atoms with van der Waals surface area (Å²) in [6.45, 7) is 4.35. The van der Waals surface area contributed by atoms with Crippen molar-refractivity contribution in [1.29, 1.82) is 0 Å². The second kappa shape index (κ2) is 9.91. The molecule has 0 fully saturated rings. The molecule has 0 atom stereocenters. The molecule has 3 aromatic rings. The molecular formula is C24H26N3O5P. The van der Waals surface area contributed by atoms with Crippen molar-refractivity contribution in [2.45, 2.75) is 33.1 Å². The number of rotatable bonds is 10. The summed E-state index contributed by atoms with van der Waals surface area (Å²) in [6.07, 6.45) is 8.28. The van der Waals surface area contributed by atoms with Crippen molar-refractivity contribution in [1.82, 2.24) is 14.5 Å². The molecule has 4 rings (SSSR count). The van der Waals surface area contributed by atoms with Crippen LogP contribution in [0.4, 0.5) is 0 Å². The number of aromatic nitrogens is 3. The van der Waals surface area contributed by atoms with Crippen molar-refractivity contribution in [3.8, 4) is 5.69 Å². The van der Waals surface area contributed by atoms with Crippen LogP contribution in [0.25, 0.3) is 22.8 Å². The summed E-state index contributed by atoms with van der Waals surface area (Å²) in [7, 11) is -2.99. The lowest BCUT2D eigenvalue weighted by molar-refractivity contribution is 0.103. The first-order valence-corrected chi connectivity index (χ1v) is 12.8. The standard InChI is InChI=1S/C24H26N3O5P/c1-3-31-33(30,32-4-2)15-8-6-5-7-10-17-12-13-20-19(16-17)21(28)23-26-22-18(11-9-14-25-22)24(29)27(20)23/h7,9-14,16H,3-6,8,15H2,1-2H3/b10-7+. The van der Waals surface area contributed by atoms with E-state index in [9.17, 15) is 14.2 Å². The van der Waals surface area contributed by atoms with Crippen molar-refractivity contribution in [3.05, 3.63) is 69.9 Å². The third-order valence-corrected chi connectivity index (χ3v) is 7.53. The van der Waals surface area contributed by atoms with Crippen LogP contribution >= 0.6 is 7.60 Å². The fourth-order valence-electron chi connectivity index (χ4n) is 3.90. The first-order valence-electron chi connectivity index (χ1n) is 11.1. The van der Waals surface area contributed by atoms with E-state index in [2.05, 4.69) is 9.97 Å². The fourth-order valence-corrected chi connectivity index (χ4v) is 5.63. The van der Waals surface area contributed by atoms with Crippen molar-refractivity contribution in [3.63, 3.8) is 0 Å². The molecule has 0 radical (unpaired) electrons. The predicted octanol–water partition coefficient (Wildman–Crippen LogP) is 4.77. The molecule has 3 heterocycles. The molecule has 1 aliphatic heterocycles. The van der Waals surface area contributed by atoms with E-state index in [1.807, 2.05) is 18.2 Å². The van der Waals surface area contributed by atoms with Gasteiger partial charge >= 0.3 is 7.60 Å². The largest absolute Gasteiger partial charge is 0.330 e. The highest BCUT2D eigenvalue weighted by molar-refractivity contribution is 7.53. The number of hydrogen-bond donors (Lipinski definition) is 0. The van der Waals surface area contributed by atoms with Crippen LogP contribution in [0.1, 0.15) is 54.9 Å². The summed E-state index contributed by atoms with van der Waals surface area (Å²) in [5, 5.41) is 0.379. The Morgan fingerprint density at radius 2 is 1.88 bits per heavy atom. The SMILES string of the molecule is CCOP(=O)(CCCC/C=C/c1ccc2c(c1)C(=O)c1nc3ncccc3c(=O)n1-2)OCC. The average Bonchev–Trinajstić information content (AvgIpc) is 3.08. The van der Waals surface area contributed by atoms with E-state index in [4.69, 9.17) is 9.05 Å². The predicted molar refractivity (Wildman–Crippen MR) is 127 cm³/mol. The minimum Gasteiger partial charge on any atom is -0.309 e. The molecule has 0 bridgehead atoms. The van der Waals surface area contributed by atoms with Crippen molar-refractivity contribution in [2.24, 2.45) is 0 Å². The van der Waals surface area contributed by atoms with Gasteiger partial charge in [-0.15, -0.1) is 0 Å². The van der Waals surface area contributed by atoms with Gasteiger partial charge in [0.15, 0.2) is 11.5 Å². The maximum absolute atomic E-state index is 12.9. The Morgan fingerprint density at radius 3 is 2.64 bits per heavy atom. The molecule has 0 amide bonds. The third kappa shape index (κ3) is 4.74. The molecule has 1 aliphatic rings. The van der Waals surface area contributed by atoms with Crippen LogP contribution in [-0.4, -0.2) is 39.7 Å². The number of fused-ring (bicyclic) bond motifs is 4. The van der Waals surface area contributed by atoms with Gasteiger partial charge in [-0.05, 0) is 62.9 Å². The van der Waals surface area contributed by atoms with Gasteiger partial charge in [0.05, 0.1) is 36.0 Å². The molecule has 2 aromatic heterocycles. The van der Waals surface area contributed by atoms with Crippen LogP contribution in [0.15, 0.2) is 47.4 Å². The number of benzene rings is 1. The zero-order chi connectivity index (χ0) is 23.4. The zero-order valence-corrected chi connectivity index (χ0v) is 19.6. The smallest absolute Gasteiger partial charge is 0.309 e. The van der Waals surface area contributed by atoms with Gasteiger partial charge in [0.25, 0.3) is 5.56 Å². The van der Waals surface area contributed by atoms with E-state index in [0.29, 0.717) is 36.0 Å². The van der Waals surface area contributed by atoms with Crippen molar-refractivity contribution >= 4 is 30.5 Å². The lowest BCUT2D eigenvalue weighted by Gasteiger charge is -2.16.